The van der Waals surface area contributed by atoms with Crippen LogP contribution < -0.4 is 4.90 Å². The summed E-state index contributed by atoms with van der Waals surface area (Å²) < 4.78 is 0. The van der Waals surface area contributed by atoms with Crippen molar-refractivity contribution in [3.63, 3.8) is 0 Å². The monoisotopic (exact) mass is 371 g/mol. The van der Waals surface area contributed by atoms with Gasteiger partial charge in [-0.25, -0.2) is 0 Å². The molecule has 2 aromatic rings. The highest BCUT2D eigenvalue weighted by Gasteiger charge is 2.28. The van der Waals surface area contributed by atoms with Gasteiger partial charge in [-0.3, -0.25) is 14.9 Å². The second-order valence-corrected chi connectivity index (χ2v) is 7.75. The normalized spacial score (nSPS) is 17.1. The number of anilines is 1. The Hall–Kier alpha value is -2.41. The van der Waals surface area contributed by atoms with Crippen molar-refractivity contribution in [2.75, 3.05) is 31.1 Å². The summed E-state index contributed by atoms with van der Waals surface area (Å²) in [4.78, 5) is 29.1. The maximum Gasteiger partial charge on any atom is 0.292 e. The largest absolute Gasteiger partial charge is 0.362 e. The Kier molecular flexibility index (Phi) is 4.63. The molecule has 0 saturated carbocycles. The summed E-state index contributed by atoms with van der Waals surface area (Å²) in [6, 6.07) is 6.81. The maximum atomic E-state index is 13.0. The zero-order chi connectivity index (χ0) is 18.1. The van der Waals surface area contributed by atoms with Gasteiger partial charge in [-0.1, -0.05) is 12.1 Å². The van der Waals surface area contributed by atoms with Crippen LogP contribution in [0.2, 0.25) is 0 Å². The molecule has 26 heavy (non-hydrogen) atoms. The highest BCUT2D eigenvalue weighted by atomic mass is 32.1. The van der Waals surface area contributed by atoms with Gasteiger partial charge in [-0.2, -0.15) is 0 Å². The van der Waals surface area contributed by atoms with Gasteiger partial charge in [0, 0.05) is 42.5 Å². The van der Waals surface area contributed by atoms with Gasteiger partial charge in [0.25, 0.3) is 11.6 Å². The second-order valence-electron chi connectivity index (χ2n) is 6.78. The fourth-order valence-corrected chi connectivity index (χ4v) is 5.00. The fraction of sp³-hybridized carbons (Fsp3) is 0.421. The summed E-state index contributed by atoms with van der Waals surface area (Å²) in [6.07, 6.45) is 4.49. The number of aryl methyl sites for hydroxylation is 1. The van der Waals surface area contributed by atoms with Crippen LogP contribution in [-0.4, -0.2) is 41.9 Å². The van der Waals surface area contributed by atoms with Gasteiger partial charge in [0.2, 0.25) is 0 Å². The number of carbonyl (C=O) groups excluding carboxylic acids is 1. The van der Waals surface area contributed by atoms with Crippen molar-refractivity contribution in [3.8, 4) is 0 Å². The van der Waals surface area contributed by atoms with Crippen LogP contribution in [0.15, 0.2) is 29.6 Å². The number of benzene rings is 1. The lowest BCUT2D eigenvalue weighted by atomic mass is 9.95. The molecule has 0 N–H and O–H groups in total. The second kappa shape index (κ2) is 7.07. The quantitative estimate of drug-likeness (QED) is 0.612. The maximum absolute atomic E-state index is 13.0. The van der Waals surface area contributed by atoms with E-state index in [-0.39, 0.29) is 16.5 Å². The molecular weight excluding hydrogens is 350 g/mol. The summed E-state index contributed by atoms with van der Waals surface area (Å²) in [5.41, 5.74) is 2.90. The van der Waals surface area contributed by atoms with E-state index in [9.17, 15) is 14.9 Å². The summed E-state index contributed by atoms with van der Waals surface area (Å²) in [5, 5.41) is 13.3. The number of thiophene rings is 1. The van der Waals surface area contributed by atoms with Crippen LogP contribution in [0.1, 0.15) is 33.6 Å². The van der Waals surface area contributed by atoms with Crippen LogP contribution in [0.4, 0.5) is 11.4 Å². The molecule has 136 valence electrons. The van der Waals surface area contributed by atoms with Gasteiger partial charge < -0.3 is 9.80 Å². The molecule has 0 radical (unpaired) electrons. The van der Waals surface area contributed by atoms with Crippen molar-refractivity contribution in [2.24, 2.45) is 0 Å². The Morgan fingerprint density at radius 1 is 1.08 bits per heavy atom. The molecule has 1 amide bonds. The molecule has 1 aromatic heterocycles. The number of amides is 1. The highest BCUT2D eigenvalue weighted by Crippen LogP contribution is 2.32. The lowest BCUT2D eigenvalue weighted by Gasteiger charge is -2.36. The van der Waals surface area contributed by atoms with Crippen LogP contribution in [-0.2, 0) is 12.8 Å². The lowest BCUT2D eigenvalue weighted by molar-refractivity contribution is -0.384. The Bertz CT molecular complexity index is 840. The predicted octanol–water partition coefficient (Wildman–Crippen LogP) is 3.50. The van der Waals surface area contributed by atoms with Crippen molar-refractivity contribution in [1.82, 2.24) is 4.90 Å². The first kappa shape index (κ1) is 17.0. The number of piperazine rings is 1. The number of nitrogens with zero attached hydrogens (tertiary/aromatic N) is 3. The third kappa shape index (κ3) is 3.07. The summed E-state index contributed by atoms with van der Waals surface area (Å²) in [5.74, 6) is 0.117. The standard InChI is InChI=1S/C19H21N3O3S/c23-19(15-13-26-18-8-4-1-5-14(15)18)21-11-9-20(10-12-21)16-6-2-3-7-17(16)22(24)25/h2-3,6-7,13H,1,4-5,8-12H2. The number of carbonyl (C=O) groups is 1. The molecule has 1 aromatic carbocycles. The van der Waals surface area contributed by atoms with Crippen LogP contribution >= 0.6 is 11.3 Å². The first-order chi connectivity index (χ1) is 12.6. The van der Waals surface area contributed by atoms with Crippen molar-refractivity contribution in [2.45, 2.75) is 25.7 Å². The predicted molar refractivity (Wildman–Crippen MR) is 102 cm³/mol. The molecule has 0 bridgehead atoms. The topological polar surface area (TPSA) is 66.7 Å². The molecule has 1 aliphatic carbocycles. The minimum Gasteiger partial charge on any atom is -0.362 e. The fourth-order valence-electron chi connectivity index (χ4n) is 3.88. The molecule has 1 saturated heterocycles. The number of fused-ring (bicyclic) bond motifs is 1. The highest BCUT2D eigenvalue weighted by molar-refractivity contribution is 7.10. The van der Waals surface area contributed by atoms with E-state index in [0.29, 0.717) is 31.9 Å². The average Bonchev–Trinajstić information content (AvgIpc) is 3.11. The van der Waals surface area contributed by atoms with Gasteiger partial charge in [-0.05, 0) is 37.3 Å². The van der Waals surface area contributed by atoms with Crippen LogP contribution in [0, 0.1) is 10.1 Å². The van der Waals surface area contributed by atoms with E-state index in [4.69, 9.17) is 0 Å². The van der Waals surface area contributed by atoms with Gasteiger partial charge in [0.05, 0.1) is 10.5 Å². The summed E-state index contributed by atoms with van der Waals surface area (Å²) >= 11 is 1.71. The molecule has 2 aliphatic rings. The Morgan fingerprint density at radius 3 is 2.58 bits per heavy atom. The van der Waals surface area contributed by atoms with Crippen LogP contribution in [0.3, 0.4) is 0 Å². The van der Waals surface area contributed by atoms with Crippen molar-refractivity contribution in [1.29, 1.82) is 0 Å². The minimum atomic E-state index is -0.343. The molecule has 7 heteroatoms. The first-order valence-electron chi connectivity index (χ1n) is 9.02. The Balaban J connectivity index is 1.46. The Labute approximate surface area is 156 Å². The SMILES string of the molecule is O=C(c1csc2c1CCCC2)N1CCN(c2ccccc2[N+](=O)[O-])CC1. The van der Waals surface area contributed by atoms with Crippen molar-refractivity contribution in [3.05, 3.63) is 55.8 Å². The number of rotatable bonds is 3. The van der Waals surface area contributed by atoms with Gasteiger partial charge >= 0.3 is 0 Å². The summed E-state index contributed by atoms with van der Waals surface area (Å²) in [6.45, 7) is 2.41. The molecule has 0 atom stereocenters. The zero-order valence-corrected chi connectivity index (χ0v) is 15.3. The number of hydrogen-bond donors (Lipinski definition) is 0. The lowest BCUT2D eigenvalue weighted by Crippen LogP contribution is -2.49. The zero-order valence-electron chi connectivity index (χ0n) is 14.5. The van der Waals surface area contributed by atoms with Crippen LogP contribution in [0.25, 0.3) is 0 Å². The number of hydrogen-bond acceptors (Lipinski definition) is 5. The third-order valence-corrected chi connectivity index (χ3v) is 6.37. The molecule has 6 nitrogen and oxygen atoms in total. The van der Waals surface area contributed by atoms with Crippen molar-refractivity contribution >= 4 is 28.6 Å². The molecule has 1 aliphatic heterocycles. The molecule has 1 fully saturated rings. The number of nitro groups is 1. The van der Waals surface area contributed by atoms with E-state index < -0.39 is 0 Å². The number of nitro benzene ring substituents is 1. The van der Waals surface area contributed by atoms with Gasteiger partial charge in [0.1, 0.15) is 5.69 Å². The Morgan fingerprint density at radius 2 is 1.81 bits per heavy atom. The van der Waals surface area contributed by atoms with E-state index in [1.807, 2.05) is 21.2 Å². The van der Waals surface area contributed by atoms with E-state index in [0.717, 1.165) is 24.8 Å². The molecular formula is C19H21N3O3S. The third-order valence-electron chi connectivity index (χ3n) is 5.28. The number of para-hydroxylation sites is 2. The molecule has 2 heterocycles. The van der Waals surface area contributed by atoms with Crippen molar-refractivity contribution < 1.29 is 9.72 Å². The average molecular weight is 371 g/mol. The van der Waals surface area contributed by atoms with E-state index in [1.54, 1.807) is 23.5 Å². The molecule has 0 unspecified atom stereocenters. The molecule has 4 rings (SSSR count). The van der Waals surface area contributed by atoms with E-state index >= 15 is 0 Å². The summed E-state index contributed by atoms with van der Waals surface area (Å²) in [7, 11) is 0. The molecule has 0 spiro atoms. The van der Waals surface area contributed by atoms with E-state index in [2.05, 4.69) is 0 Å². The minimum absolute atomic E-state index is 0.117. The van der Waals surface area contributed by atoms with Gasteiger partial charge in [-0.15, -0.1) is 11.3 Å². The first-order valence-corrected chi connectivity index (χ1v) is 9.90. The van der Waals surface area contributed by atoms with Gasteiger partial charge in [0.15, 0.2) is 0 Å². The van der Waals surface area contributed by atoms with E-state index in [1.165, 1.54) is 22.9 Å². The smallest absolute Gasteiger partial charge is 0.292 e. The van der Waals surface area contributed by atoms with Crippen LogP contribution in [0.5, 0.6) is 0 Å².